The van der Waals surface area contributed by atoms with Crippen molar-refractivity contribution < 1.29 is 44.6 Å². The van der Waals surface area contributed by atoms with Crippen LogP contribution in [0.1, 0.15) is 200 Å². The molecule has 0 aromatic rings. The zero-order valence-electron chi connectivity index (χ0n) is 33.1. The quantitative estimate of drug-likeness (QED) is 0.0239. The summed E-state index contributed by atoms with van der Waals surface area (Å²) in [7, 11) is 0. The van der Waals surface area contributed by atoms with Gasteiger partial charge in [0, 0.05) is 12.8 Å². The molecule has 0 aromatic carbocycles. The molecule has 304 valence electrons. The zero-order valence-corrected chi connectivity index (χ0v) is 33.1. The summed E-state index contributed by atoms with van der Waals surface area (Å²) in [6.45, 7) is 3.47. The summed E-state index contributed by atoms with van der Waals surface area (Å²) >= 11 is 0. The van der Waals surface area contributed by atoms with Crippen molar-refractivity contribution in [2.45, 2.75) is 218 Å². The Morgan fingerprint density at radius 3 is 1.22 bits per heavy atom. The number of carbonyl (C=O) groups excluding carboxylic acids is 2. The SMILES string of the molecule is CCCCCCCCCCCCCCCCCC(=O)OCC(O)CO.CCCCCC[C@@H](O)C/C=C\CCCCCCCC(=O)OCC(O)CO. The van der Waals surface area contributed by atoms with Gasteiger partial charge in [0.15, 0.2) is 0 Å². The van der Waals surface area contributed by atoms with Gasteiger partial charge in [-0.15, -0.1) is 0 Å². The number of aliphatic hydroxyl groups is 5. The number of rotatable bonds is 37. The van der Waals surface area contributed by atoms with Crippen LogP contribution in [0, 0.1) is 0 Å². The van der Waals surface area contributed by atoms with Crippen LogP contribution in [0.4, 0.5) is 0 Å². The molecule has 0 bridgehead atoms. The fraction of sp³-hybridized carbons (Fsp3) is 0.905. The second kappa shape index (κ2) is 42.9. The summed E-state index contributed by atoms with van der Waals surface area (Å²) in [5, 5.41) is 45.3. The number of ether oxygens (including phenoxy) is 2. The third-order valence-electron chi connectivity index (χ3n) is 9.00. The van der Waals surface area contributed by atoms with E-state index in [0.29, 0.717) is 12.8 Å². The summed E-state index contributed by atoms with van der Waals surface area (Å²) in [6.07, 6.45) is 35.2. The highest BCUT2D eigenvalue weighted by atomic mass is 16.5. The van der Waals surface area contributed by atoms with E-state index in [9.17, 15) is 14.7 Å². The number of unbranched alkanes of at least 4 members (excludes halogenated alkanes) is 22. The predicted molar refractivity (Wildman–Crippen MR) is 208 cm³/mol. The van der Waals surface area contributed by atoms with E-state index in [1.54, 1.807) is 0 Å². The van der Waals surface area contributed by atoms with Gasteiger partial charge in [-0.1, -0.05) is 161 Å². The first-order chi connectivity index (χ1) is 24.8. The molecule has 5 N–H and O–H groups in total. The Bertz CT molecular complexity index is 746. The minimum absolute atomic E-state index is 0.103. The van der Waals surface area contributed by atoms with E-state index < -0.39 is 12.2 Å². The number of carbonyl (C=O) groups is 2. The van der Waals surface area contributed by atoms with Gasteiger partial charge in [-0.3, -0.25) is 9.59 Å². The van der Waals surface area contributed by atoms with Crippen molar-refractivity contribution in [3.63, 3.8) is 0 Å². The number of hydrogen-bond acceptors (Lipinski definition) is 9. The van der Waals surface area contributed by atoms with Crippen LogP contribution in [0.25, 0.3) is 0 Å². The Morgan fingerprint density at radius 2 is 0.824 bits per heavy atom. The molecule has 0 radical (unpaired) electrons. The van der Waals surface area contributed by atoms with Crippen molar-refractivity contribution in [1.29, 1.82) is 0 Å². The Balaban J connectivity index is 0. The van der Waals surface area contributed by atoms with Gasteiger partial charge in [-0.25, -0.2) is 0 Å². The highest BCUT2D eigenvalue weighted by Gasteiger charge is 2.08. The molecule has 51 heavy (non-hydrogen) atoms. The maximum Gasteiger partial charge on any atom is 0.305 e. The molecule has 0 aromatic heterocycles. The van der Waals surface area contributed by atoms with Gasteiger partial charge >= 0.3 is 11.9 Å². The van der Waals surface area contributed by atoms with Gasteiger partial charge in [-0.2, -0.15) is 0 Å². The van der Waals surface area contributed by atoms with Crippen LogP contribution in [0.15, 0.2) is 12.2 Å². The first kappa shape index (κ1) is 51.6. The molecule has 0 aliphatic heterocycles. The fourth-order valence-electron chi connectivity index (χ4n) is 5.63. The summed E-state index contributed by atoms with van der Waals surface area (Å²) in [4.78, 5) is 22.8. The first-order valence-corrected chi connectivity index (χ1v) is 21.0. The van der Waals surface area contributed by atoms with Gasteiger partial charge < -0.3 is 35.0 Å². The molecule has 2 unspecified atom stereocenters. The third kappa shape index (κ3) is 44.6. The smallest absolute Gasteiger partial charge is 0.305 e. The molecule has 0 rings (SSSR count). The molecule has 0 saturated heterocycles. The lowest BCUT2D eigenvalue weighted by molar-refractivity contribution is -0.148. The molecular weight excluding hydrogens is 648 g/mol. The number of hydrogen-bond donors (Lipinski definition) is 5. The van der Waals surface area contributed by atoms with Crippen LogP contribution < -0.4 is 0 Å². The van der Waals surface area contributed by atoms with Gasteiger partial charge in [0.2, 0.25) is 0 Å². The van der Waals surface area contributed by atoms with Crippen molar-refractivity contribution >= 4 is 11.9 Å². The minimum Gasteiger partial charge on any atom is -0.463 e. The van der Waals surface area contributed by atoms with Crippen molar-refractivity contribution in [2.24, 2.45) is 0 Å². The Hall–Kier alpha value is -1.52. The average molecular weight is 731 g/mol. The van der Waals surface area contributed by atoms with Gasteiger partial charge in [0.25, 0.3) is 0 Å². The summed E-state index contributed by atoms with van der Waals surface area (Å²) in [5.41, 5.74) is 0. The zero-order chi connectivity index (χ0) is 38.0. The largest absolute Gasteiger partial charge is 0.463 e. The van der Waals surface area contributed by atoms with E-state index in [-0.39, 0.29) is 44.5 Å². The Labute approximate surface area is 313 Å². The third-order valence-corrected chi connectivity index (χ3v) is 9.00. The molecule has 0 fully saturated rings. The van der Waals surface area contributed by atoms with Crippen molar-refractivity contribution in [1.82, 2.24) is 0 Å². The van der Waals surface area contributed by atoms with Gasteiger partial charge in [0.1, 0.15) is 25.4 Å². The lowest BCUT2D eigenvalue weighted by Gasteiger charge is -2.08. The topological polar surface area (TPSA) is 154 Å². The summed E-state index contributed by atoms with van der Waals surface area (Å²) < 4.78 is 9.71. The van der Waals surface area contributed by atoms with E-state index in [0.717, 1.165) is 70.6 Å². The van der Waals surface area contributed by atoms with E-state index in [1.807, 2.05) is 0 Å². The van der Waals surface area contributed by atoms with Crippen molar-refractivity contribution in [2.75, 3.05) is 26.4 Å². The van der Waals surface area contributed by atoms with Crippen LogP contribution in [-0.4, -0.2) is 82.2 Å². The fourth-order valence-corrected chi connectivity index (χ4v) is 5.63. The number of allylic oxidation sites excluding steroid dienone is 1. The maximum absolute atomic E-state index is 11.4. The van der Waals surface area contributed by atoms with Crippen LogP contribution >= 0.6 is 0 Å². The number of aliphatic hydroxyl groups excluding tert-OH is 5. The lowest BCUT2D eigenvalue weighted by Crippen LogP contribution is -2.21. The van der Waals surface area contributed by atoms with Crippen LogP contribution in [0.2, 0.25) is 0 Å². The van der Waals surface area contributed by atoms with Gasteiger partial charge in [-0.05, 0) is 38.5 Å². The molecular formula is C42H82O9. The van der Waals surface area contributed by atoms with Crippen LogP contribution in [0.5, 0.6) is 0 Å². The Kier molecular flexibility index (Phi) is 43.4. The van der Waals surface area contributed by atoms with Gasteiger partial charge in [0.05, 0.1) is 19.3 Å². The molecule has 0 aliphatic carbocycles. The normalized spacial score (nSPS) is 13.1. The standard InChI is InChI=1S/C21H40O5.C21H42O4/c1-2-3-4-11-14-19(23)15-12-9-7-5-6-8-10-13-16-21(25)26-18-20(24)17-22;1-2-3-4-5-6-7-8-9-10-11-12-13-14-15-16-17-21(24)25-19-20(23)18-22/h9,12,19-20,22-24H,2-8,10-11,13-18H2,1H3;20,22-23H,2-19H2,1H3/b12-9-;/t19-,20?;/m1./s1. The molecule has 0 aliphatic rings. The number of esters is 2. The second-order valence-electron chi connectivity index (χ2n) is 14.3. The van der Waals surface area contributed by atoms with Crippen molar-refractivity contribution in [3.8, 4) is 0 Å². The first-order valence-electron chi connectivity index (χ1n) is 21.0. The molecule has 9 heteroatoms. The maximum atomic E-state index is 11.4. The average Bonchev–Trinajstić information content (AvgIpc) is 3.13. The van der Waals surface area contributed by atoms with Crippen LogP contribution in [-0.2, 0) is 19.1 Å². The molecule has 0 spiro atoms. The van der Waals surface area contributed by atoms with E-state index in [2.05, 4.69) is 26.0 Å². The highest BCUT2D eigenvalue weighted by Crippen LogP contribution is 2.14. The molecule has 9 nitrogen and oxygen atoms in total. The van der Waals surface area contributed by atoms with E-state index in [4.69, 9.17) is 29.9 Å². The van der Waals surface area contributed by atoms with E-state index in [1.165, 1.54) is 103 Å². The predicted octanol–water partition coefficient (Wildman–Crippen LogP) is 9.04. The van der Waals surface area contributed by atoms with Crippen LogP contribution in [0.3, 0.4) is 0 Å². The monoisotopic (exact) mass is 731 g/mol. The highest BCUT2D eigenvalue weighted by molar-refractivity contribution is 5.69. The second-order valence-corrected chi connectivity index (χ2v) is 14.3. The Morgan fingerprint density at radius 1 is 0.471 bits per heavy atom. The lowest BCUT2D eigenvalue weighted by atomic mass is 10.0. The minimum atomic E-state index is -0.978. The molecule has 3 atom stereocenters. The summed E-state index contributed by atoms with van der Waals surface area (Å²) in [6, 6.07) is 0. The molecule has 0 heterocycles. The molecule has 0 saturated carbocycles. The summed E-state index contributed by atoms with van der Waals surface area (Å²) in [5.74, 6) is -0.587. The van der Waals surface area contributed by atoms with E-state index >= 15 is 0 Å². The van der Waals surface area contributed by atoms with Crippen molar-refractivity contribution in [3.05, 3.63) is 12.2 Å². The molecule has 0 amide bonds.